The van der Waals surface area contributed by atoms with Gasteiger partial charge in [0.1, 0.15) is 11.8 Å². The lowest BCUT2D eigenvalue weighted by Crippen LogP contribution is -2.42. The van der Waals surface area contributed by atoms with Crippen LogP contribution in [0.4, 0.5) is 16.2 Å². The molecule has 0 aliphatic rings. The van der Waals surface area contributed by atoms with Gasteiger partial charge in [-0.3, -0.25) is 14.9 Å². The number of benzene rings is 3. The Morgan fingerprint density at radius 3 is 2.03 bits per heavy atom. The highest BCUT2D eigenvalue weighted by Gasteiger charge is 2.22. The van der Waals surface area contributed by atoms with E-state index < -0.39 is 18.0 Å². The number of hydrogen-bond donors (Lipinski definition) is 4. The molecule has 0 aliphatic heterocycles. The molecule has 0 fully saturated rings. The molecule has 0 aliphatic carbocycles. The number of methoxy groups -OCH3 is 1. The van der Waals surface area contributed by atoms with Crippen LogP contribution in [0.5, 0.6) is 5.75 Å². The lowest BCUT2D eigenvalue weighted by atomic mass is 10.1. The van der Waals surface area contributed by atoms with Crippen LogP contribution in [0.2, 0.25) is 0 Å². The molecule has 3 aromatic carbocycles. The maximum Gasteiger partial charge on any atom is 0.321 e. The van der Waals surface area contributed by atoms with Crippen molar-refractivity contribution >= 4 is 29.2 Å². The maximum absolute atomic E-state index is 12.6. The van der Waals surface area contributed by atoms with Crippen molar-refractivity contribution in [2.45, 2.75) is 6.04 Å². The highest BCUT2D eigenvalue weighted by atomic mass is 16.5. The minimum Gasteiger partial charge on any atom is -0.497 e. The standard InChI is InChI=1S/C24H24N4O4/c1-25-24(31)28-23(30)21(16-6-4-3-5-7-16)26-18-10-8-17(9-11-18)22(29)27-19-12-14-20(32-2)15-13-19/h3-15,21,26H,1-2H3,(H,27,29)(H2,25,28,30,31)/t21-/m0/s1. The van der Waals surface area contributed by atoms with Gasteiger partial charge in [0.25, 0.3) is 11.8 Å². The predicted molar refractivity (Wildman–Crippen MR) is 123 cm³/mol. The number of anilines is 2. The third kappa shape index (κ3) is 5.85. The molecule has 8 nitrogen and oxygen atoms in total. The number of carbonyl (C=O) groups is 3. The molecule has 0 radical (unpaired) electrons. The van der Waals surface area contributed by atoms with E-state index in [4.69, 9.17) is 4.74 Å². The van der Waals surface area contributed by atoms with Crippen LogP contribution in [0, 0.1) is 0 Å². The van der Waals surface area contributed by atoms with Crippen molar-refractivity contribution in [1.29, 1.82) is 0 Å². The van der Waals surface area contributed by atoms with Crippen molar-refractivity contribution in [3.05, 3.63) is 90.0 Å². The molecule has 3 aromatic rings. The molecule has 32 heavy (non-hydrogen) atoms. The number of rotatable bonds is 7. The molecule has 0 heterocycles. The Hall–Kier alpha value is -4.33. The molecule has 0 unspecified atom stereocenters. The topological polar surface area (TPSA) is 109 Å². The van der Waals surface area contributed by atoms with Gasteiger partial charge in [-0.15, -0.1) is 0 Å². The Labute approximate surface area is 186 Å². The zero-order chi connectivity index (χ0) is 22.9. The monoisotopic (exact) mass is 432 g/mol. The molecule has 1 atom stereocenters. The van der Waals surface area contributed by atoms with Gasteiger partial charge in [-0.2, -0.15) is 0 Å². The molecular formula is C24H24N4O4. The first kappa shape index (κ1) is 22.4. The van der Waals surface area contributed by atoms with E-state index >= 15 is 0 Å². The second-order valence-electron chi connectivity index (χ2n) is 6.82. The molecule has 0 bridgehead atoms. The SMILES string of the molecule is CNC(=O)NC(=O)[C@@H](Nc1ccc(C(=O)Nc2ccc(OC)cc2)cc1)c1ccccc1. The zero-order valence-electron chi connectivity index (χ0n) is 17.7. The van der Waals surface area contributed by atoms with Gasteiger partial charge in [0.2, 0.25) is 0 Å². The fourth-order valence-corrected chi connectivity index (χ4v) is 2.95. The van der Waals surface area contributed by atoms with Gasteiger partial charge in [-0.05, 0) is 54.1 Å². The minimum atomic E-state index is -0.799. The van der Waals surface area contributed by atoms with E-state index in [9.17, 15) is 14.4 Å². The fraction of sp³-hybridized carbons (Fsp3) is 0.125. The van der Waals surface area contributed by atoms with Crippen molar-refractivity contribution in [1.82, 2.24) is 10.6 Å². The summed E-state index contributed by atoms with van der Waals surface area (Å²) >= 11 is 0. The van der Waals surface area contributed by atoms with E-state index in [0.29, 0.717) is 28.3 Å². The minimum absolute atomic E-state index is 0.265. The summed E-state index contributed by atoms with van der Waals surface area (Å²) in [5.41, 5.74) is 2.41. The Morgan fingerprint density at radius 2 is 1.44 bits per heavy atom. The molecule has 0 saturated heterocycles. The zero-order valence-corrected chi connectivity index (χ0v) is 17.7. The third-order valence-electron chi connectivity index (χ3n) is 4.66. The molecule has 8 heteroatoms. The molecule has 4 amide bonds. The molecule has 4 N–H and O–H groups in total. The summed E-state index contributed by atoms with van der Waals surface area (Å²) in [5.74, 6) is -0.0672. The number of urea groups is 1. The van der Waals surface area contributed by atoms with E-state index in [0.717, 1.165) is 0 Å². The Bertz CT molecular complexity index is 1070. The predicted octanol–water partition coefficient (Wildman–Crippen LogP) is 3.56. The number of amides is 4. The molecular weight excluding hydrogens is 408 g/mol. The van der Waals surface area contributed by atoms with Gasteiger partial charge in [-0.1, -0.05) is 30.3 Å². The molecule has 3 rings (SSSR count). The highest BCUT2D eigenvalue weighted by molar-refractivity contribution is 6.04. The number of ether oxygens (including phenoxy) is 1. The van der Waals surface area contributed by atoms with Crippen LogP contribution in [-0.4, -0.2) is 32.0 Å². The smallest absolute Gasteiger partial charge is 0.321 e. The van der Waals surface area contributed by atoms with Crippen molar-refractivity contribution in [3.8, 4) is 5.75 Å². The van der Waals surface area contributed by atoms with Crippen LogP contribution >= 0.6 is 0 Å². The first-order chi connectivity index (χ1) is 15.5. The van der Waals surface area contributed by atoms with Crippen molar-refractivity contribution in [2.75, 3.05) is 24.8 Å². The van der Waals surface area contributed by atoms with Gasteiger partial charge in [-0.25, -0.2) is 4.79 Å². The highest BCUT2D eigenvalue weighted by Crippen LogP contribution is 2.21. The largest absolute Gasteiger partial charge is 0.497 e. The Morgan fingerprint density at radius 1 is 0.812 bits per heavy atom. The first-order valence-electron chi connectivity index (χ1n) is 9.89. The number of hydrogen-bond acceptors (Lipinski definition) is 5. The van der Waals surface area contributed by atoms with Gasteiger partial charge in [0.05, 0.1) is 7.11 Å². The summed E-state index contributed by atoms with van der Waals surface area (Å²) < 4.78 is 5.11. The second-order valence-corrected chi connectivity index (χ2v) is 6.82. The summed E-state index contributed by atoms with van der Waals surface area (Å²) in [4.78, 5) is 36.7. The number of carbonyl (C=O) groups excluding carboxylic acids is 3. The maximum atomic E-state index is 12.6. The average molecular weight is 432 g/mol. The molecule has 0 aromatic heterocycles. The van der Waals surface area contributed by atoms with Gasteiger partial charge in [0.15, 0.2) is 0 Å². The molecule has 0 saturated carbocycles. The number of imide groups is 1. The van der Waals surface area contributed by atoms with Crippen LogP contribution in [-0.2, 0) is 4.79 Å². The first-order valence-corrected chi connectivity index (χ1v) is 9.89. The van der Waals surface area contributed by atoms with Crippen LogP contribution < -0.4 is 26.0 Å². The van der Waals surface area contributed by atoms with Crippen LogP contribution in [0.1, 0.15) is 22.0 Å². The van der Waals surface area contributed by atoms with E-state index in [1.54, 1.807) is 67.8 Å². The number of nitrogens with one attached hydrogen (secondary N) is 4. The van der Waals surface area contributed by atoms with E-state index in [1.165, 1.54) is 7.05 Å². The summed E-state index contributed by atoms with van der Waals surface area (Å²) in [6.07, 6.45) is 0. The fourth-order valence-electron chi connectivity index (χ4n) is 2.95. The van der Waals surface area contributed by atoms with Gasteiger partial charge < -0.3 is 20.7 Å². The lowest BCUT2D eigenvalue weighted by molar-refractivity contribution is -0.120. The van der Waals surface area contributed by atoms with Crippen molar-refractivity contribution in [3.63, 3.8) is 0 Å². The van der Waals surface area contributed by atoms with Crippen LogP contribution in [0.25, 0.3) is 0 Å². The summed E-state index contributed by atoms with van der Waals surface area (Å²) in [5, 5.41) is 10.6. The Balaban J connectivity index is 1.71. The summed E-state index contributed by atoms with van der Waals surface area (Å²) in [6, 6.07) is 21.4. The second kappa shape index (κ2) is 10.6. The van der Waals surface area contributed by atoms with Crippen molar-refractivity contribution in [2.24, 2.45) is 0 Å². The quantitative estimate of drug-likeness (QED) is 0.457. The molecule has 164 valence electrons. The van der Waals surface area contributed by atoms with Crippen LogP contribution in [0.3, 0.4) is 0 Å². The van der Waals surface area contributed by atoms with Gasteiger partial charge >= 0.3 is 6.03 Å². The van der Waals surface area contributed by atoms with Crippen LogP contribution in [0.15, 0.2) is 78.9 Å². The summed E-state index contributed by atoms with van der Waals surface area (Å²) in [6.45, 7) is 0. The third-order valence-corrected chi connectivity index (χ3v) is 4.66. The van der Waals surface area contributed by atoms with E-state index in [-0.39, 0.29) is 5.91 Å². The van der Waals surface area contributed by atoms with E-state index in [1.807, 2.05) is 18.2 Å². The molecule has 0 spiro atoms. The normalized spacial score (nSPS) is 11.1. The van der Waals surface area contributed by atoms with E-state index in [2.05, 4.69) is 21.3 Å². The van der Waals surface area contributed by atoms with Gasteiger partial charge in [0, 0.05) is 24.0 Å². The Kier molecular flexibility index (Phi) is 7.42. The summed E-state index contributed by atoms with van der Waals surface area (Å²) in [7, 11) is 3.01. The lowest BCUT2D eigenvalue weighted by Gasteiger charge is -2.19. The van der Waals surface area contributed by atoms with Crippen molar-refractivity contribution < 1.29 is 19.1 Å². The average Bonchev–Trinajstić information content (AvgIpc) is 2.83.